The summed E-state index contributed by atoms with van der Waals surface area (Å²) in [7, 11) is 0. The molecule has 163 valence electrons. The molecule has 0 aliphatic carbocycles. The van der Waals surface area contributed by atoms with Gasteiger partial charge in [-0.05, 0) is 30.3 Å². The smallest absolute Gasteiger partial charge is 0.170 e. The summed E-state index contributed by atoms with van der Waals surface area (Å²) in [6.45, 7) is 0. The van der Waals surface area contributed by atoms with Crippen molar-refractivity contribution in [3.63, 3.8) is 0 Å². The second-order valence-electron chi connectivity index (χ2n) is 7.19. The number of rotatable bonds is 4. The molecule has 0 spiro atoms. The fourth-order valence-corrected chi connectivity index (χ4v) is 3.41. The Balaban J connectivity index is 0.000000181. The van der Waals surface area contributed by atoms with Crippen molar-refractivity contribution in [3.8, 4) is 0 Å². The summed E-state index contributed by atoms with van der Waals surface area (Å²) in [5.41, 5.74) is 9.64. The van der Waals surface area contributed by atoms with Gasteiger partial charge >= 0.3 is 0 Å². The van der Waals surface area contributed by atoms with Crippen molar-refractivity contribution in [2.75, 3.05) is 5.73 Å². The summed E-state index contributed by atoms with van der Waals surface area (Å²) in [5, 5.41) is 2.03. The van der Waals surface area contributed by atoms with Gasteiger partial charge in [0.1, 0.15) is 0 Å². The molecule has 0 atom stereocenters. The summed E-state index contributed by atoms with van der Waals surface area (Å²) in [6.07, 6.45) is 3.46. The summed E-state index contributed by atoms with van der Waals surface area (Å²) in [6, 6.07) is 27.4. The van der Waals surface area contributed by atoms with E-state index >= 15 is 0 Å². The molecule has 0 saturated heterocycles. The van der Waals surface area contributed by atoms with Crippen molar-refractivity contribution in [2.24, 2.45) is 0 Å². The Kier molecular flexibility index (Phi) is 8.95. The molecule has 0 saturated carbocycles. The summed E-state index contributed by atoms with van der Waals surface area (Å²) >= 11 is 0. The molecule has 5 nitrogen and oxygen atoms in total. The molecule has 2 N–H and O–H groups in total. The van der Waals surface area contributed by atoms with Gasteiger partial charge in [-0.3, -0.25) is 19.6 Å². The molecule has 2 aromatic heterocycles. The molecule has 0 aliphatic heterocycles. The van der Waals surface area contributed by atoms with Gasteiger partial charge in [0, 0.05) is 89.4 Å². The SMILES string of the molecule is Nc1cc2ncccc2c2ncccc12.O=C(CC(=O)c1ccccc1)c1ccccc1.[Eu]. The zero-order valence-electron chi connectivity index (χ0n) is 17.7. The van der Waals surface area contributed by atoms with Crippen LogP contribution < -0.4 is 5.73 Å². The minimum absolute atomic E-state index is 0. The van der Waals surface area contributed by atoms with E-state index in [2.05, 4.69) is 9.97 Å². The van der Waals surface area contributed by atoms with Gasteiger partial charge < -0.3 is 5.73 Å². The summed E-state index contributed by atoms with van der Waals surface area (Å²) in [5.74, 6) is -0.279. The Morgan fingerprint density at radius 2 is 1.18 bits per heavy atom. The minimum atomic E-state index is -0.139. The number of fused-ring (bicyclic) bond motifs is 3. The van der Waals surface area contributed by atoms with Crippen molar-refractivity contribution in [2.45, 2.75) is 6.42 Å². The molecular formula is C27H21EuN3O2. The maximum absolute atomic E-state index is 11.8. The van der Waals surface area contributed by atoms with Crippen LogP contribution in [0.4, 0.5) is 5.69 Å². The molecule has 6 heteroatoms. The first kappa shape index (κ1) is 24.8. The number of carbonyl (C=O) groups is 2. The maximum atomic E-state index is 11.8. The monoisotopic (exact) mass is 572 g/mol. The van der Waals surface area contributed by atoms with Crippen molar-refractivity contribution in [3.05, 3.63) is 115 Å². The molecule has 3 aromatic carbocycles. The van der Waals surface area contributed by atoms with Crippen LogP contribution in [0.3, 0.4) is 0 Å². The van der Waals surface area contributed by atoms with Crippen molar-refractivity contribution in [1.29, 1.82) is 0 Å². The largest absolute Gasteiger partial charge is 0.398 e. The Morgan fingerprint density at radius 1 is 0.667 bits per heavy atom. The first-order valence-electron chi connectivity index (χ1n) is 10.2. The Labute approximate surface area is 232 Å². The second-order valence-corrected chi connectivity index (χ2v) is 7.19. The van der Waals surface area contributed by atoms with Gasteiger partial charge in [-0.2, -0.15) is 0 Å². The van der Waals surface area contributed by atoms with Crippen LogP contribution in [0.25, 0.3) is 21.8 Å². The number of hydrogen-bond donors (Lipinski definition) is 1. The number of anilines is 1. The molecule has 2 heterocycles. The van der Waals surface area contributed by atoms with E-state index < -0.39 is 0 Å². The van der Waals surface area contributed by atoms with Crippen LogP contribution in [-0.2, 0) is 0 Å². The number of nitrogens with zero attached hydrogens (tertiary/aromatic N) is 2. The molecule has 0 fully saturated rings. The van der Waals surface area contributed by atoms with E-state index in [-0.39, 0.29) is 67.4 Å². The first-order chi connectivity index (χ1) is 15.6. The third-order valence-electron chi connectivity index (χ3n) is 5.02. The standard InChI is InChI=1S/C15H12O2.C12H9N3.Eu/c16-14(12-7-3-1-4-8-12)11-15(17)13-9-5-2-6-10-13;13-10-7-11-9(4-2-5-14-11)12-8(10)3-1-6-15-12;/h1-10H,11H2;1-7H,13H2;. The van der Waals surface area contributed by atoms with Crippen LogP contribution in [0.5, 0.6) is 0 Å². The van der Waals surface area contributed by atoms with E-state index in [1.807, 2.05) is 42.5 Å². The van der Waals surface area contributed by atoms with Gasteiger partial charge in [0.2, 0.25) is 0 Å². The third-order valence-corrected chi connectivity index (χ3v) is 5.02. The van der Waals surface area contributed by atoms with E-state index in [9.17, 15) is 9.59 Å². The fraction of sp³-hybridized carbons (Fsp3) is 0.0370. The molecule has 0 unspecified atom stereocenters. The van der Waals surface area contributed by atoms with Gasteiger partial charge in [0.15, 0.2) is 11.6 Å². The van der Waals surface area contributed by atoms with E-state index in [1.54, 1.807) is 60.9 Å². The van der Waals surface area contributed by atoms with E-state index in [1.165, 1.54) is 0 Å². The van der Waals surface area contributed by atoms with Crippen molar-refractivity contribution < 1.29 is 59.0 Å². The van der Waals surface area contributed by atoms with Gasteiger partial charge in [-0.1, -0.05) is 60.7 Å². The van der Waals surface area contributed by atoms with Crippen molar-refractivity contribution in [1.82, 2.24) is 9.97 Å². The number of hydrogen-bond acceptors (Lipinski definition) is 5. The molecule has 5 rings (SSSR count). The number of benzene rings is 3. The van der Waals surface area contributed by atoms with Gasteiger partial charge in [0.25, 0.3) is 0 Å². The summed E-state index contributed by atoms with van der Waals surface area (Å²) < 4.78 is 0. The van der Waals surface area contributed by atoms with E-state index in [0.29, 0.717) is 11.1 Å². The van der Waals surface area contributed by atoms with Crippen LogP contribution in [0.2, 0.25) is 0 Å². The zero-order chi connectivity index (χ0) is 22.3. The van der Waals surface area contributed by atoms with Crippen LogP contribution >= 0.6 is 0 Å². The van der Waals surface area contributed by atoms with Gasteiger partial charge in [-0.15, -0.1) is 0 Å². The number of nitrogen functional groups attached to an aromatic ring is 1. The third kappa shape index (κ3) is 6.17. The predicted octanol–water partition coefficient (Wildman–Crippen LogP) is 5.51. The minimum Gasteiger partial charge on any atom is -0.398 e. The molecule has 5 aromatic rings. The number of ketones is 2. The topological polar surface area (TPSA) is 85.9 Å². The first-order valence-corrected chi connectivity index (χ1v) is 10.2. The van der Waals surface area contributed by atoms with Crippen molar-refractivity contribution >= 4 is 39.1 Å². The molecular weight excluding hydrogens is 550 g/mol. The average Bonchev–Trinajstić information content (AvgIpc) is 2.86. The van der Waals surface area contributed by atoms with E-state index in [0.717, 1.165) is 27.5 Å². The number of carbonyl (C=O) groups excluding carboxylic acids is 2. The quantitative estimate of drug-likeness (QED) is 0.133. The Morgan fingerprint density at radius 3 is 1.76 bits per heavy atom. The number of Topliss-reactive ketones (excluding diaryl/α,β-unsaturated/α-hetero) is 2. The van der Waals surface area contributed by atoms with Gasteiger partial charge in [-0.25, -0.2) is 0 Å². The van der Waals surface area contributed by atoms with Gasteiger partial charge in [0.05, 0.1) is 17.5 Å². The molecule has 0 bridgehead atoms. The predicted molar refractivity (Wildman–Crippen MR) is 128 cm³/mol. The molecule has 0 amide bonds. The zero-order valence-corrected chi connectivity index (χ0v) is 20.1. The Hall–Kier alpha value is -2.80. The normalized spacial score (nSPS) is 10.1. The van der Waals surface area contributed by atoms with Crippen LogP contribution in [-0.4, -0.2) is 21.5 Å². The van der Waals surface area contributed by atoms with E-state index in [4.69, 9.17) is 5.73 Å². The molecule has 1 radical (unpaired) electrons. The number of pyridine rings is 2. The Bertz CT molecular complexity index is 1340. The van der Waals surface area contributed by atoms with Crippen LogP contribution in [0.15, 0.2) is 103 Å². The number of aromatic nitrogens is 2. The maximum Gasteiger partial charge on any atom is 0.170 e. The fourth-order valence-electron chi connectivity index (χ4n) is 3.41. The number of nitrogens with two attached hydrogens (primary N) is 1. The van der Waals surface area contributed by atoms with Crippen LogP contribution in [0.1, 0.15) is 27.1 Å². The average molecular weight is 571 g/mol. The second kappa shape index (κ2) is 11.9. The summed E-state index contributed by atoms with van der Waals surface area (Å²) in [4.78, 5) is 32.2. The van der Waals surface area contributed by atoms with Crippen LogP contribution in [0, 0.1) is 49.4 Å². The molecule has 33 heavy (non-hydrogen) atoms. The molecule has 0 aliphatic rings.